The largest absolute Gasteiger partial charge is 0.392 e. The molecule has 44 heavy (non-hydrogen) atoms. The molecular formula is C33H32N6O5. The number of H-pyrrole nitrogens is 1. The van der Waals surface area contributed by atoms with Crippen LogP contribution in [0.2, 0.25) is 0 Å². The molecule has 0 atom stereocenters. The van der Waals surface area contributed by atoms with E-state index in [2.05, 4.69) is 20.6 Å². The molecule has 0 radical (unpaired) electrons. The van der Waals surface area contributed by atoms with Crippen molar-refractivity contribution in [1.82, 2.24) is 19.4 Å². The Balaban J connectivity index is 1.34. The molecule has 1 fully saturated rings. The third-order valence-electron chi connectivity index (χ3n) is 7.86. The summed E-state index contributed by atoms with van der Waals surface area (Å²) in [5.74, 6) is 0.285. The van der Waals surface area contributed by atoms with Gasteiger partial charge < -0.3 is 34.9 Å². The molecule has 0 unspecified atom stereocenters. The lowest BCUT2D eigenvalue weighted by molar-refractivity contribution is 0.0302. The van der Waals surface area contributed by atoms with E-state index in [1.54, 1.807) is 54.7 Å². The minimum Gasteiger partial charge on any atom is -0.392 e. The fraction of sp³-hybridized carbons (Fsp3) is 0.212. The number of hydrogen-bond acceptors (Lipinski definition) is 8. The van der Waals surface area contributed by atoms with Crippen molar-refractivity contribution in [1.29, 1.82) is 0 Å². The molecule has 1 saturated heterocycles. The average molecular weight is 593 g/mol. The van der Waals surface area contributed by atoms with Crippen LogP contribution in [0.25, 0.3) is 33.2 Å². The second-order valence-corrected chi connectivity index (χ2v) is 10.6. The number of fused-ring (bicyclic) bond motifs is 1. The fourth-order valence-electron chi connectivity index (χ4n) is 5.49. The monoisotopic (exact) mass is 592 g/mol. The lowest BCUT2D eigenvalue weighted by Crippen LogP contribution is -2.40. The second-order valence-electron chi connectivity index (χ2n) is 10.6. The zero-order valence-corrected chi connectivity index (χ0v) is 24.4. The summed E-state index contributed by atoms with van der Waals surface area (Å²) < 4.78 is 6.77. The van der Waals surface area contributed by atoms with E-state index in [0.29, 0.717) is 76.4 Å². The standard InChI is InChI=1S/C33H32N6O5/c1-34-22-7-8-25-28(15-22)35-17-26(31(25)41)24-5-3-4-23(27(24)19-40)21-14-29(33(43)38(2)18-21)37-30-9-6-20(16-36-30)32(42)39-10-12-44-13-11-39/h3-9,14-18,34,40H,10-13,19H2,1-2H3,(H,35,41)(H,36,37). The van der Waals surface area contributed by atoms with Crippen LogP contribution < -0.4 is 21.6 Å². The van der Waals surface area contributed by atoms with Crippen LogP contribution in [0.15, 0.2) is 82.8 Å². The van der Waals surface area contributed by atoms with Crippen molar-refractivity contribution in [3.63, 3.8) is 0 Å². The molecule has 0 saturated carbocycles. The number of aromatic amines is 1. The Kier molecular flexibility index (Phi) is 7.97. The molecule has 1 aliphatic heterocycles. The number of aliphatic hydroxyl groups excluding tert-OH is 1. The summed E-state index contributed by atoms with van der Waals surface area (Å²) in [4.78, 5) is 48.7. The maximum atomic E-state index is 13.5. The van der Waals surface area contributed by atoms with Gasteiger partial charge in [0.05, 0.1) is 30.9 Å². The van der Waals surface area contributed by atoms with Crippen LogP contribution in [0.3, 0.4) is 0 Å². The van der Waals surface area contributed by atoms with E-state index < -0.39 is 0 Å². The summed E-state index contributed by atoms with van der Waals surface area (Å²) in [6, 6.07) is 16.0. The van der Waals surface area contributed by atoms with Gasteiger partial charge in [-0.2, -0.15) is 0 Å². The molecule has 11 heteroatoms. The van der Waals surface area contributed by atoms with Crippen molar-refractivity contribution in [2.24, 2.45) is 7.05 Å². The van der Waals surface area contributed by atoms with Crippen LogP contribution in [0.1, 0.15) is 15.9 Å². The topological polar surface area (TPSA) is 142 Å². The number of benzene rings is 2. The molecule has 0 aliphatic carbocycles. The third-order valence-corrected chi connectivity index (χ3v) is 7.86. The van der Waals surface area contributed by atoms with Gasteiger partial charge in [-0.05, 0) is 53.1 Å². The first-order valence-corrected chi connectivity index (χ1v) is 14.3. The number of carbonyl (C=O) groups excluding carboxylic acids is 1. The van der Waals surface area contributed by atoms with Gasteiger partial charge >= 0.3 is 0 Å². The summed E-state index contributed by atoms with van der Waals surface area (Å²) in [6.07, 6.45) is 4.84. The number of nitrogens with one attached hydrogen (secondary N) is 3. The highest BCUT2D eigenvalue weighted by Crippen LogP contribution is 2.33. The number of hydrogen-bond donors (Lipinski definition) is 4. The number of nitrogens with zero attached hydrogens (tertiary/aromatic N) is 3. The van der Waals surface area contributed by atoms with E-state index in [1.165, 1.54) is 10.8 Å². The van der Waals surface area contributed by atoms with Crippen LogP contribution in [0.4, 0.5) is 17.2 Å². The summed E-state index contributed by atoms with van der Waals surface area (Å²) in [7, 11) is 3.46. The Hall–Kier alpha value is -5.26. The molecule has 1 aliphatic rings. The Morgan fingerprint density at radius 1 is 1.05 bits per heavy atom. The van der Waals surface area contributed by atoms with E-state index >= 15 is 0 Å². The number of ether oxygens (including phenoxy) is 1. The Labute approximate surface area is 252 Å². The first-order chi connectivity index (χ1) is 21.4. The summed E-state index contributed by atoms with van der Waals surface area (Å²) in [6.45, 7) is 1.76. The molecule has 2 aromatic carbocycles. The van der Waals surface area contributed by atoms with E-state index in [4.69, 9.17) is 4.74 Å². The number of rotatable bonds is 7. The molecule has 11 nitrogen and oxygen atoms in total. The molecule has 0 spiro atoms. The molecule has 0 bridgehead atoms. The van der Waals surface area contributed by atoms with E-state index in [0.717, 1.165) is 5.69 Å². The molecular weight excluding hydrogens is 560 g/mol. The number of pyridine rings is 3. The summed E-state index contributed by atoms with van der Waals surface area (Å²) in [5, 5.41) is 17.2. The van der Waals surface area contributed by atoms with Gasteiger partial charge in [-0.3, -0.25) is 14.4 Å². The zero-order chi connectivity index (χ0) is 30.8. The minimum atomic E-state index is -0.326. The van der Waals surface area contributed by atoms with Crippen molar-refractivity contribution >= 4 is 34.0 Å². The highest BCUT2D eigenvalue weighted by atomic mass is 16.5. The zero-order valence-electron chi connectivity index (χ0n) is 24.4. The lowest BCUT2D eigenvalue weighted by Gasteiger charge is -2.26. The normalized spacial score (nSPS) is 13.2. The van der Waals surface area contributed by atoms with Crippen LogP contribution in [0.5, 0.6) is 0 Å². The van der Waals surface area contributed by atoms with Crippen LogP contribution in [-0.4, -0.2) is 63.8 Å². The maximum absolute atomic E-state index is 13.5. The third kappa shape index (κ3) is 5.46. The molecule has 1 amide bonds. The number of aromatic nitrogens is 3. The number of morpholine rings is 1. The van der Waals surface area contributed by atoms with Crippen molar-refractivity contribution < 1.29 is 14.6 Å². The minimum absolute atomic E-state index is 0.116. The second kappa shape index (κ2) is 12.2. The van der Waals surface area contributed by atoms with Crippen molar-refractivity contribution in [3.05, 3.63) is 105 Å². The van der Waals surface area contributed by atoms with Crippen LogP contribution in [0, 0.1) is 0 Å². The predicted molar refractivity (Wildman–Crippen MR) is 170 cm³/mol. The van der Waals surface area contributed by atoms with Gasteiger partial charge in [0.2, 0.25) is 0 Å². The molecule has 5 aromatic rings. The fourth-order valence-corrected chi connectivity index (χ4v) is 5.49. The van der Waals surface area contributed by atoms with Crippen molar-refractivity contribution in [3.8, 4) is 22.3 Å². The molecule has 224 valence electrons. The smallest absolute Gasteiger partial charge is 0.274 e. The van der Waals surface area contributed by atoms with Crippen LogP contribution >= 0.6 is 0 Å². The Morgan fingerprint density at radius 2 is 1.84 bits per heavy atom. The molecule has 6 rings (SSSR count). The van der Waals surface area contributed by atoms with E-state index in [-0.39, 0.29) is 29.2 Å². The Bertz CT molecular complexity index is 1980. The van der Waals surface area contributed by atoms with Gasteiger partial charge in [-0.25, -0.2) is 4.98 Å². The SMILES string of the molecule is CNc1ccc2c(=O)c(-c3cccc(-c4cc(Nc5ccc(C(=O)N6CCOCC6)cn5)c(=O)n(C)c4)c3CO)c[nH]c2c1. The van der Waals surface area contributed by atoms with Gasteiger partial charge in [0, 0.05) is 68.0 Å². The van der Waals surface area contributed by atoms with E-state index in [1.807, 2.05) is 31.3 Å². The molecule has 4 heterocycles. The maximum Gasteiger partial charge on any atom is 0.274 e. The highest BCUT2D eigenvalue weighted by Gasteiger charge is 2.20. The number of anilines is 3. The summed E-state index contributed by atoms with van der Waals surface area (Å²) >= 11 is 0. The van der Waals surface area contributed by atoms with Gasteiger partial charge in [0.1, 0.15) is 11.5 Å². The highest BCUT2D eigenvalue weighted by molar-refractivity contribution is 5.94. The lowest BCUT2D eigenvalue weighted by atomic mass is 9.92. The number of aryl methyl sites for hydroxylation is 1. The first kappa shape index (κ1) is 28.8. The first-order valence-electron chi connectivity index (χ1n) is 14.3. The summed E-state index contributed by atoms with van der Waals surface area (Å²) in [5.41, 5.74) is 4.78. The van der Waals surface area contributed by atoms with Gasteiger partial charge in [0.15, 0.2) is 5.43 Å². The Morgan fingerprint density at radius 3 is 2.57 bits per heavy atom. The molecule has 3 aromatic heterocycles. The van der Waals surface area contributed by atoms with Crippen molar-refractivity contribution in [2.75, 3.05) is 44.0 Å². The van der Waals surface area contributed by atoms with Gasteiger partial charge in [-0.15, -0.1) is 0 Å². The van der Waals surface area contributed by atoms with E-state index in [9.17, 15) is 19.5 Å². The van der Waals surface area contributed by atoms with Gasteiger partial charge in [0.25, 0.3) is 11.5 Å². The molecule has 4 N–H and O–H groups in total. The van der Waals surface area contributed by atoms with Gasteiger partial charge in [-0.1, -0.05) is 18.2 Å². The number of carbonyl (C=O) groups is 1. The average Bonchev–Trinajstić information content (AvgIpc) is 3.06. The number of amides is 1. The van der Waals surface area contributed by atoms with Crippen molar-refractivity contribution in [2.45, 2.75) is 6.61 Å². The van der Waals surface area contributed by atoms with Crippen LogP contribution in [-0.2, 0) is 18.4 Å². The predicted octanol–water partition coefficient (Wildman–Crippen LogP) is 3.71. The number of aliphatic hydroxyl groups is 1. The quantitative estimate of drug-likeness (QED) is 0.224.